The van der Waals surface area contributed by atoms with E-state index in [9.17, 15) is 14.7 Å². The number of hydrogen-bond donors (Lipinski definition) is 1. The van der Waals surface area contributed by atoms with Crippen LogP contribution in [0.15, 0.2) is 0 Å². The van der Waals surface area contributed by atoms with E-state index in [1.165, 1.54) is 83.5 Å². The van der Waals surface area contributed by atoms with E-state index in [0.717, 1.165) is 44.4 Å². The number of carbonyl (C=O) groups excluding carboxylic acids is 1. The summed E-state index contributed by atoms with van der Waals surface area (Å²) in [7, 11) is 0. The molecule has 0 bridgehead atoms. The SMILES string of the molecule is CCCCCCCCCCC(CCCCCCCCC(C)C)OC(=O)C1CCCC(C(=O)O)C1. The highest BCUT2D eigenvalue weighted by molar-refractivity contribution is 5.75. The molecule has 1 fully saturated rings. The monoisotopic (exact) mass is 480 g/mol. The van der Waals surface area contributed by atoms with Gasteiger partial charge in [-0.05, 0) is 50.9 Å². The van der Waals surface area contributed by atoms with Crippen LogP contribution in [0, 0.1) is 17.8 Å². The Bertz CT molecular complexity index is 516. The predicted octanol–water partition coefficient (Wildman–Crippen LogP) is 9.10. The van der Waals surface area contributed by atoms with Gasteiger partial charge in [0.1, 0.15) is 6.10 Å². The van der Waals surface area contributed by atoms with E-state index in [4.69, 9.17) is 4.74 Å². The van der Waals surface area contributed by atoms with Gasteiger partial charge in [-0.25, -0.2) is 0 Å². The Morgan fingerprint density at radius 3 is 1.71 bits per heavy atom. The summed E-state index contributed by atoms with van der Waals surface area (Å²) in [4.78, 5) is 24.2. The highest BCUT2D eigenvalue weighted by Gasteiger charge is 2.32. The van der Waals surface area contributed by atoms with E-state index < -0.39 is 5.97 Å². The molecule has 3 unspecified atom stereocenters. The number of hydrogen-bond acceptors (Lipinski definition) is 3. The number of carboxylic acids is 1. The molecule has 4 heteroatoms. The summed E-state index contributed by atoms with van der Waals surface area (Å²) in [5.41, 5.74) is 0. The molecule has 0 aliphatic heterocycles. The summed E-state index contributed by atoms with van der Waals surface area (Å²) < 4.78 is 6.02. The molecule has 0 spiro atoms. The molecule has 0 aromatic rings. The third kappa shape index (κ3) is 15.8. The van der Waals surface area contributed by atoms with Crippen molar-refractivity contribution < 1.29 is 19.4 Å². The Hall–Kier alpha value is -1.06. The van der Waals surface area contributed by atoms with Gasteiger partial charge in [0.15, 0.2) is 0 Å². The molecule has 4 nitrogen and oxygen atoms in total. The molecule has 1 aliphatic carbocycles. The molecule has 0 aromatic heterocycles. The fourth-order valence-corrected chi connectivity index (χ4v) is 5.29. The Kier molecular flexibility index (Phi) is 18.4. The molecule has 1 rings (SSSR count). The predicted molar refractivity (Wildman–Crippen MR) is 142 cm³/mol. The lowest BCUT2D eigenvalue weighted by Crippen LogP contribution is -2.31. The van der Waals surface area contributed by atoms with Gasteiger partial charge >= 0.3 is 11.9 Å². The van der Waals surface area contributed by atoms with Crippen LogP contribution in [-0.4, -0.2) is 23.1 Å². The van der Waals surface area contributed by atoms with Gasteiger partial charge in [-0.2, -0.15) is 0 Å². The van der Waals surface area contributed by atoms with E-state index in [1.54, 1.807) is 0 Å². The van der Waals surface area contributed by atoms with Crippen molar-refractivity contribution in [2.45, 2.75) is 162 Å². The summed E-state index contributed by atoms with van der Waals surface area (Å²) >= 11 is 0. The first-order chi connectivity index (χ1) is 16.4. The van der Waals surface area contributed by atoms with Crippen LogP contribution < -0.4 is 0 Å². The van der Waals surface area contributed by atoms with Gasteiger partial charge in [0, 0.05) is 0 Å². The summed E-state index contributed by atoms with van der Waals surface area (Å²) in [6.07, 6.45) is 23.9. The van der Waals surface area contributed by atoms with Crippen LogP contribution in [0.5, 0.6) is 0 Å². The average Bonchev–Trinajstić information content (AvgIpc) is 2.81. The first-order valence-electron chi connectivity index (χ1n) is 14.9. The minimum Gasteiger partial charge on any atom is -0.481 e. The lowest BCUT2D eigenvalue weighted by Gasteiger charge is -2.27. The maximum absolute atomic E-state index is 12.9. The maximum Gasteiger partial charge on any atom is 0.309 e. The van der Waals surface area contributed by atoms with Gasteiger partial charge in [0.05, 0.1) is 11.8 Å². The normalized spacial score (nSPS) is 19.3. The van der Waals surface area contributed by atoms with Crippen molar-refractivity contribution in [2.75, 3.05) is 0 Å². The van der Waals surface area contributed by atoms with Crippen LogP contribution in [0.3, 0.4) is 0 Å². The lowest BCUT2D eigenvalue weighted by molar-refractivity contribution is -0.158. The standard InChI is InChI=1S/C30H56O4/c1-4-5-6-7-8-9-13-16-22-28(23-17-14-11-10-12-15-19-25(2)3)34-30(33)27-21-18-20-26(24-27)29(31)32/h25-28H,4-24H2,1-3H3,(H,31,32). The number of carboxylic acid groups (broad SMARTS) is 1. The number of esters is 1. The van der Waals surface area contributed by atoms with Crippen molar-refractivity contribution in [1.82, 2.24) is 0 Å². The highest BCUT2D eigenvalue weighted by atomic mass is 16.5. The zero-order chi connectivity index (χ0) is 25.0. The molecule has 0 radical (unpaired) electrons. The summed E-state index contributed by atoms with van der Waals surface area (Å²) in [5, 5.41) is 9.35. The van der Waals surface area contributed by atoms with Gasteiger partial charge in [0.2, 0.25) is 0 Å². The van der Waals surface area contributed by atoms with Crippen LogP contribution >= 0.6 is 0 Å². The first kappa shape index (κ1) is 31.0. The van der Waals surface area contributed by atoms with Crippen molar-refractivity contribution in [2.24, 2.45) is 17.8 Å². The van der Waals surface area contributed by atoms with Crippen LogP contribution in [0.1, 0.15) is 156 Å². The fourth-order valence-electron chi connectivity index (χ4n) is 5.29. The molecule has 0 saturated heterocycles. The summed E-state index contributed by atoms with van der Waals surface area (Å²) in [5.74, 6) is -0.697. The van der Waals surface area contributed by atoms with Crippen LogP contribution in [0.25, 0.3) is 0 Å². The smallest absolute Gasteiger partial charge is 0.309 e. The molecule has 1 aliphatic rings. The van der Waals surface area contributed by atoms with Crippen molar-refractivity contribution in [3.63, 3.8) is 0 Å². The second kappa shape index (κ2) is 20.2. The topological polar surface area (TPSA) is 63.6 Å². The second-order valence-corrected chi connectivity index (χ2v) is 11.3. The van der Waals surface area contributed by atoms with Crippen LogP contribution in [0.4, 0.5) is 0 Å². The number of carbonyl (C=O) groups is 2. The molecule has 34 heavy (non-hydrogen) atoms. The number of rotatable bonds is 21. The Morgan fingerprint density at radius 1 is 0.735 bits per heavy atom. The van der Waals surface area contributed by atoms with E-state index in [2.05, 4.69) is 20.8 Å². The molecule has 200 valence electrons. The number of ether oxygens (including phenoxy) is 1. The third-order valence-electron chi connectivity index (χ3n) is 7.58. The van der Waals surface area contributed by atoms with Crippen molar-refractivity contribution in [3.8, 4) is 0 Å². The Morgan fingerprint density at radius 2 is 1.21 bits per heavy atom. The fraction of sp³-hybridized carbons (Fsp3) is 0.933. The molecular formula is C30H56O4. The van der Waals surface area contributed by atoms with Gasteiger partial charge in [0.25, 0.3) is 0 Å². The number of unbranched alkanes of at least 4 members (excludes halogenated alkanes) is 12. The van der Waals surface area contributed by atoms with E-state index in [0.29, 0.717) is 12.8 Å². The zero-order valence-corrected chi connectivity index (χ0v) is 22.8. The van der Waals surface area contributed by atoms with Gasteiger partial charge < -0.3 is 9.84 Å². The molecule has 1 N–H and O–H groups in total. The highest BCUT2D eigenvalue weighted by Crippen LogP contribution is 2.31. The van der Waals surface area contributed by atoms with E-state index >= 15 is 0 Å². The summed E-state index contributed by atoms with van der Waals surface area (Å²) in [6, 6.07) is 0. The largest absolute Gasteiger partial charge is 0.481 e. The first-order valence-corrected chi connectivity index (χ1v) is 14.9. The molecule has 0 amide bonds. The van der Waals surface area contributed by atoms with Crippen molar-refractivity contribution in [1.29, 1.82) is 0 Å². The van der Waals surface area contributed by atoms with Crippen LogP contribution in [0.2, 0.25) is 0 Å². The maximum atomic E-state index is 12.9. The zero-order valence-electron chi connectivity index (χ0n) is 22.8. The average molecular weight is 481 g/mol. The van der Waals surface area contributed by atoms with E-state index in [-0.39, 0.29) is 23.9 Å². The molecule has 1 saturated carbocycles. The Labute approximate surface area is 211 Å². The van der Waals surface area contributed by atoms with Crippen LogP contribution in [-0.2, 0) is 14.3 Å². The minimum atomic E-state index is -0.763. The van der Waals surface area contributed by atoms with Crippen molar-refractivity contribution in [3.05, 3.63) is 0 Å². The second-order valence-electron chi connectivity index (χ2n) is 11.3. The van der Waals surface area contributed by atoms with Gasteiger partial charge in [-0.3, -0.25) is 9.59 Å². The summed E-state index contributed by atoms with van der Waals surface area (Å²) in [6.45, 7) is 6.84. The Balaban J connectivity index is 2.36. The van der Waals surface area contributed by atoms with Gasteiger partial charge in [-0.15, -0.1) is 0 Å². The molecule has 0 heterocycles. The minimum absolute atomic E-state index is 0.0127. The third-order valence-corrected chi connectivity index (χ3v) is 7.58. The quantitative estimate of drug-likeness (QED) is 0.131. The molecule has 3 atom stereocenters. The molecular weight excluding hydrogens is 424 g/mol. The molecule has 0 aromatic carbocycles. The van der Waals surface area contributed by atoms with Gasteiger partial charge in [-0.1, -0.05) is 111 Å². The lowest BCUT2D eigenvalue weighted by atomic mass is 9.81. The van der Waals surface area contributed by atoms with E-state index in [1.807, 2.05) is 0 Å². The van der Waals surface area contributed by atoms with Crippen molar-refractivity contribution >= 4 is 11.9 Å². The number of aliphatic carboxylic acids is 1.